The lowest BCUT2D eigenvalue weighted by molar-refractivity contribution is -0.158. The van der Waals surface area contributed by atoms with Gasteiger partial charge in [-0.1, -0.05) is 18.2 Å². The second kappa shape index (κ2) is 6.98. The maximum atomic E-state index is 12.4. The van der Waals surface area contributed by atoms with Crippen LogP contribution in [-0.4, -0.2) is 28.3 Å². The molecule has 0 atom stereocenters. The van der Waals surface area contributed by atoms with E-state index in [2.05, 4.69) is 6.07 Å². The van der Waals surface area contributed by atoms with E-state index in [0.717, 1.165) is 16.5 Å². The number of aryl methyl sites for hydroxylation is 1. The lowest BCUT2D eigenvalue weighted by atomic mass is 10.1. The van der Waals surface area contributed by atoms with E-state index in [-0.39, 0.29) is 18.0 Å². The summed E-state index contributed by atoms with van der Waals surface area (Å²) >= 11 is 0. The molecule has 1 aromatic carbocycles. The van der Waals surface area contributed by atoms with Crippen molar-refractivity contribution < 1.29 is 14.3 Å². The van der Waals surface area contributed by atoms with E-state index in [1.165, 1.54) is 0 Å². The number of carbonyl (C=O) groups excluding carboxylic acids is 1. The molecule has 2 rings (SSSR count). The Bertz CT molecular complexity index is 707. The molecular formula is C20H29NO3. The van der Waals surface area contributed by atoms with Crippen LogP contribution in [0.2, 0.25) is 0 Å². The van der Waals surface area contributed by atoms with Crippen LogP contribution in [0.15, 0.2) is 30.5 Å². The van der Waals surface area contributed by atoms with E-state index in [9.17, 15) is 4.79 Å². The molecule has 0 aliphatic heterocycles. The average molecular weight is 331 g/mol. The van der Waals surface area contributed by atoms with Crippen LogP contribution in [0.3, 0.4) is 0 Å². The van der Waals surface area contributed by atoms with Gasteiger partial charge < -0.3 is 14.0 Å². The predicted octanol–water partition coefficient (Wildman–Crippen LogP) is 4.25. The van der Waals surface area contributed by atoms with Crippen molar-refractivity contribution in [1.82, 2.24) is 4.57 Å². The summed E-state index contributed by atoms with van der Waals surface area (Å²) in [6.07, 6.45) is 2.96. The molecule has 4 heteroatoms. The van der Waals surface area contributed by atoms with E-state index in [0.29, 0.717) is 13.0 Å². The van der Waals surface area contributed by atoms with Crippen molar-refractivity contribution in [3.05, 3.63) is 36.0 Å². The molecule has 132 valence electrons. The molecule has 1 aromatic heterocycles. The van der Waals surface area contributed by atoms with Crippen LogP contribution in [0, 0.1) is 0 Å². The van der Waals surface area contributed by atoms with Gasteiger partial charge in [0.2, 0.25) is 0 Å². The first kappa shape index (κ1) is 18.5. The van der Waals surface area contributed by atoms with Crippen LogP contribution >= 0.6 is 0 Å². The molecule has 0 saturated carbocycles. The number of hydrogen-bond donors (Lipinski definition) is 0. The lowest BCUT2D eigenvalue weighted by Gasteiger charge is -2.27. The molecule has 1 heterocycles. The third kappa shape index (κ3) is 5.10. The summed E-state index contributed by atoms with van der Waals surface area (Å²) in [5, 5.41) is 1.10. The minimum Gasteiger partial charge on any atom is -0.459 e. The van der Waals surface area contributed by atoms with E-state index < -0.39 is 5.60 Å². The van der Waals surface area contributed by atoms with Gasteiger partial charge in [-0.05, 0) is 46.2 Å². The van der Waals surface area contributed by atoms with Crippen molar-refractivity contribution in [2.45, 2.75) is 58.7 Å². The van der Waals surface area contributed by atoms with Crippen molar-refractivity contribution in [3.63, 3.8) is 0 Å². The van der Waals surface area contributed by atoms with Crippen LogP contribution in [-0.2, 0) is 27.7 Å². The first-order valence-electron chi connectivity index (χ1n) is 8.46. The maximum Gasteiger partial charge on any atom is 0.310 e. The zero-order valence-electron chi connectivity index (χ0n) is 15.7. The Kier molecular flexibility index (Phi) is 5.38. The fraction of sp³-hybridized carbons (Fsp3) is 0.550. The molecule has 0 aliphatic rings. The number of hydrogen-bond acceptors (Lipinski definition) is 3. The fourth-order valence-corrected chi connectivity index (χ4v) is 2.72. The molecular weight excluding hydrogens is 302 g/mol. The Morgan fingerprint density at radius 3 is 2.46 bits per heavy atom. The molecule has 24 heavy (non-hydrogen) atoms. The number of carbonyl (C=O) groups is 1. The molecule has 0 unspecified atom stereocenters. The first-order chi connectivity index (χ1) is 11.1. The Morgan fingerprint density at radius 1 is 1.12 bits per heavy atom. The monoisotopic (exact) mass is 331 g/mol. The van der Waals surface area contributed by atoms with Gasteiger partial charge in [0, 0.05) is 30.6 Å². The van der Waals surface area contributed by atoms with Gasteiger partial charge in [-0.25, -0.2) is 0 Å². The highest BCUT2D eigenvalue weighted by atomic mass is 16.6. The molecule has 4 nitrogen and oxygen atoms in total. The fourth-order valence-electron chi connectivity index (χ4n) is 2.72. The highest BCUT2D eigenvalue weighted by molar-refractivity contribution is 5.87. The number of nitrogens with zero attached hydrogens (tertiary/aromatic N) is 1. The van der Waals surface area contributed by atoms with E-state index in [1.807, 2.05) is 70.6 Å². The number of rotatable bonds is 6. The highest BCUT2D eigenvalue weighted by Gasteiger charge is 2.24. The van der Waals surface area contributed by atoms with Crippen LogP contribution in [0.4, 0.5) is 0 Å². The van der Waals surface area contributed by atoms with Crippen molar-refractivity contribution in [2.24, 2.45) is 7.05 Å². The van der Waals surface area contributed by atoms with Gasteiger partial charge in [-0.15, -0.1) is 0 Å². The molecule has 0 aliphatic carbocycles. The molecule has 0 radical (unpaired) electrons. The molecule has 0 bridgehead atoms. The van der Waals surface area contributed by atoms with Crippen molar-refractivity contribution in [1.29, 1.82) is 0 Å². The number of aromatic nitrogens is 1. The van der Waals surface area contributed by atoms with Gasteiger partial charge in [0.1, 0.15) is 5.60 Å². The summed E-state index contributed by atoms with van der Waals surface area (Å²) in [7, 11) is 1.99. The number of para-hydroxylation sites is 1. The topological polar surface area (TPSA) is 40.5 Å². The van der Waals surface area contributed by atoms with Crippen molar-refractivity contribution >= 4 is 16.9 Å². The summed E-state index contributed by atoms with van der Waals surface area (Å²) < 4.78 is 13.5. The summed E-state index contributed by atoms with van der Waals surface area (Å²) in [5.41, 5.74) is 1.41. The quantitative estimate of drug-likeness (QED) is 0.743. The van der Waals surface area contributed by atoms with Crippen LogP contribution < -0.4 is 0 Å². The van der Waals surface area contributed by atoms with Crippen molar-refractivity contribution in [3.8, 4) is 0 Å². The second-order valence-corrected chi connectivity index (χ2v) is 7.90. The van der Waals surface area contributed by atoms with Gasteiger partial charge >= 0.3 is 5.97 Å². The molecule has 2 aromatic rings. The number of fused-ring (bicyclic) bond motifs is 1. The zero-order valence-corrected chi connectivity index (χ0v) is 15.7. The Morgan fingerprint density at radius 2 is 1.79 bits per heavy atom. The largest absolute Gasteiger partial charge is 0.459 e. The van der Waals surface area contributed by atoms with Crippen LogP contribution in [0.1, 0.15) is 46.6 Å². The number of esters is 1. The Balaban J connectivity index is 1.96. The lowest BCUT2D eigenvalue weighted by Crippen LogP contribution is -2.32. The van der Waals surface area contributed by atoms with Crippen LogP contribution in [0.25, 0.3) is 10.9 Å². The summed E-state index contributed by atoms with van der Waals surface area (Å²) in [6.45, 7) is 10.5. The molecule has 0 saturated heterocycles. The summed E-state index contributed by atoms with van der Waals surface area (Å²) in [4.78, 5) is 12.4. The van der Waals surface area contributed by atoms with Gasteiger partial charge in [0.15, 0.2) is 0 Å². The maximum absolute atomic E-state index is 12.4. The minimum absolute atomic E-state index is 0.178. The number of ether oxygens (including phenoxy) is 2. The van der Waals surface area contributed by atoms with Crippen molar-refractivity contribution in [2.75, 3.05) is 6.61 Å². The highest BCUT2D eigenvalue weighted by Crippen LogP contribution is 2.23. The summed E-state index contributed by atoms with van der Waals surface area (Å²) in [5.74, 6) is -0.202. The van der Waals surface area contributed by atoms with Gasteiger partial charge in [0.05, 0.1) is 18.6 Å². The normalized spacial score (nSPS) is 12.6. The van der Waals surface area contributed by atoms with Gasteiger partial charge in [-0.2, -0.15) is 0 Å². The minimum atomic E-state index is -0.535. The van der Waals surface area contributed by atoms with E-state index in [1.54, 1.807) is 0 Å². The second-order valence-electron chi connectivity index (χ2n) is 7.90. The smallest absolute Gasteiger partial charge is 0.310 e. The molecule has 0 N–H and O–H groups in total. The SMILES string of the molecule is Cn1cc(CC(=O)OC(C)(C)CCOC(C)(C)C)c2ccccc21. The van der Waals surface area contributed by atoms with Gasteiger partial charge in [-0.3, -0.25) is 4.79 Å². The molecule has 0 amide bonds. The standard InChI is InChI=1S/C20H29NO3/c1-19(2,3)23-12-11-20(4,5)24-18(22)13-15-14-21(6)17-10-8-7-9-16(15)17/h7-10,14H,11-13H2,1-6H3. The summed E-state index contributed by atoms with van der Waals surface area (Å²) in [6, 6.07) is 8.09. The zero-order chi connectivity index (χ0) is 18.0. The van der Waals surface area contributed by atoms with Crippen LogP contribution in [0.5, 0.6) is 0 Å². The van der Waals surface area contributed by atoms with E-state index >= 15 is 0 Å². The Labute approximate surface area is 144 Å². The third-order valence-electron chi connectivity index (χ3n) is 3.94. The average Bonchev–Trinajstić information content (AvgIpc) is 2.73. The number of benzene rings is 1. The molecule has 0 spiro atoms. The Hall–Kier alpha value is -1.81. The predicted molar refractivity (Wildman–Crippen MR) is 97.1 cm³/mol. The van der Waals surface area contributed by atoms with E-state index in [4.69, 9.17) is 9.47 Å². The molecule has 0 fully saturated rings. The van der Waals surface area contributed by atoms with Gasteiger partial charge in [0.25, 0.3) is 0 Å². The first-order valence-corrected chi connectivity index (χ1v) is 8.46. The third-order valence-corrected chi connectivity index (χ3v) is 3.94.